The fourth-order valence-electron chi connectivity index (χ4n) is 1.90. The predicted molar refractivity (Wildman–Crippen MR) is 81.9 cm³/mol. The molecule has 1 amide bonds. The van der Waals surface area contributed by atoms with Gasteiger partial charge in [0, 0.05) is 19.2 Å². The van der Waals surface area contributed by atoms with Crippen LogP contribution in [0.1, 0.15) is 31.9 Å². The van der Waals surface area contributed by atoms with Crippen molar-refractivity contribution in [1.29, 1.82) is 0 Å². The van der Waals surface area contributed by atoms with Gasteiger partial charge in [0.25, 0.3) is 5.91 Å². The van der Waals surface area contributed by atoms with E-state index in [4.69, 9.17) is 4.74 Å². The van der Waals surface area contributed by atoms with Crippen molar-refractivity contribution in [3.8, 4) is 5.75 Å². The van der Waals surface area contributed by atoms with Crippen molar-refractivity contribution in [3.63, 3.8) is 0 Å². The molecule has 1 atom stereocenters. The maximum Gasteiger partial charge on any atom is 0.260 e. The normalized spacial score (nSPS) is 12.3. The van der Waals surface area contributed by atoms with Gasteiger partial charge in [0.2, 0.25) is 0 Å². The smallest absolute Gasteiger partial charge is 0.260 e. The Hall–Kier alpha value is -1.55. The molecule has 4 heteroatoms. The van der Waals surface area contributed by atoms with E-state index in [1.807, 2.05) is 12.1 Å². The fraction of sp³-hybridized carbons (Fsp3) is 0.562. The molecule has 1 unspecified atom stereocenters. The first kappa shape index (κ1) is 16.5. The van der Waals surface area contributed by atoms with E-state index in [0.29, 0.717) is 5.92 Å². The summed E-state index contributed by atoms with van der Waals surface area (Å²) in [5, 5.41) is 6.00. The molecule has 0 fully saturated rings. The number of likely N-dealkylation sites (N-methyl/N-ethyl adjacent to an activating group) is 1. The first-order valence-corrected chi connectivity index (χ1v) is 7.12. The summed E-state index contributed by atoms with van der Waals surface area (Å²) in [4.78, 5) is 11.5. The van der Waals surface area contributed by atoms with Gasteiger partial charge in [0.1, 0.15) is 5.75 Å². The molecule has 0 saturated heterocycles. The maximum atomic E-state index is 11.5. The van der Waals surface area contributed by atoms with Crippen molar-refractivity contribution >= 4 is 5.91 Å². The molecule has 112 valence electrons. The Bertz CT molecular complexity index is 444. The molecule has 20 heavy (non-hydrogen) atoms. The molecule has 0 bridgehead atoms. The van der Waals surface area contributed by atoms with Crippen LogP contribution in [0, 0.1) is 12.8 Å². The van der Waals surface area contributed by atoms with Gasteiger partial charge in [-0.1, -0.05) is 31.5 Å². The summed E-state index contributed by atoms with van der Waals surface area (Å²) < 4.78 is 5.76. The number of nitrogens with one attached hydrogen (secondary N) is 2. The number of carbonyl (C=O) groups excluding carboxylic acids is 1. The van der Waals surface area contributed by atoms with Gasteiger partial charge in [-0.2, -0.15) is 0 Å². The highest BCUT2D eigenvalue weighted by molar-refractivity contribution is 5.80. The van der Waals surface area contributed by atoms with E-state index in [1.54, 1.807) is 14.0 Å². The van der Waals surface area contributed by atoms with E-state index in [1.165, 1.54) is 5.56 Å². The van der Waals surface area contributed by atoms with E-state index in [-0.39, 0.29) is 5.91 Å². The second-order valence-electron chi connectivity index (χ2n) is 5.51. The van der Waals surface area contributed by atoms with Gasteiger partial charge in [-0.3, -0.25) is 4.79 Å². The molecule has 0 aliphatic carbocycles. The Balaban J connectivity index is 2.76. The first-order chi connectivity index (χ1) is 9.43. The number of rotatable bonds is 7. The van der Waals surface area contributed by atoms with Gasteiger partial charge >= 0.3 is 0 Å². The minimum absolute atomic E-state index is 0.119. The molecule has 1 aromatic rings. The van der Waals surface area contributed by atoms with Crippen LogP contribution in [-0.4, -0.2) is 25.6 Å². The minimum atomic E-state index is -0.494. The number of hydrogen-bond acceptors (Lipinski definition) is 3. The molecule has 0 saturated carbocycles. The van der Waals surface area contributed by atoms with Crippen LogP contribution in [0.3, 0.4) is 0 Å². The zero-order valence-corrected chi connectivity index (χ0v) is 13.1. The summed E-state index contributed by atoms with van der Waals surface area (Å²) in [6.07, 6.45) is -0.494. The Labute approximate surface area is 121 Å². The number of aryl methyl sites for hydroxylation is 1. The van der Waals surface area contributed by atoms with Gasteiger partial charge in [-0.05, 0) is 32.4 Å². The van der Waals surface area contributed by atoms with Crippen LogP contribution in [0.25, 0.3) is 0 Å². The summed E-state index contributed by atoms with van der Waals surface area (Å²) in [6, 6.07) is 6.03. The number of ether oxygens (including phenoxy) is 1. The lowest BCUT2D eigenvalue weighted by atomic mass is 10.1. The third-order valence-electron chi connectivity index (χ3n) is 3.00. The third-order valence-corrected chi connectivity index (χ3v) is 3.00. The van der Waals surface area contributed by atoms with Gasteiger partial charge in [0.15, 0.2) is 6.10 Å². The molecule has 0 spiro atoms. The third kappa shape index (κ3) is 5.21. The second kappa shape index (κ2) is 7.90. The lowest BCUT2D eigenvalue weighted by Crippen LogP contribution is -2.34. The molecule has 0 aliphatic rings. The van der Waals surface area contributed by atoms with Gasteiger partial charge in [-0.15, -0.1) is 0 Å². The molecule has 1 aromatic carbocycles. The number of carbonyl (C=O) groups is 1. The molecular weight excluding hydrogens is 252 g/mol. The predicted octanol–water partition coefficient (Wildman–Crippen LogP) is 2.25. The van der Waals surface area contributed by atoms with Crippen molar-refractivity contribution in [1.82, 2.24) is 10.6 Å². The van der Waals surface area contributed by atoms with E-state index in [2.05, 4.69) is 37.5 Å². The summed E-state index contributed by atoms with van der Waals surface area (Å²) in [6.45, 7) is 9.86. The van der Waals surface area contributed by atoms with Crippen molar-refractivity contribution in [2.45, 2.75) is 40.3 Å². The first-order valence-electron chi connectivity index (χ1n) is 7.12. The average Bonchev–Trinajstić information content (AvgIpc) is 2.40. The van der Waals surface area contributed by atoms with Crippen molar-refractivity contribution in [2.75, 3.05) is 13.6 Å². The molecule has 2 N–H and O–H groups in total. The summed E-state index contributed by atoms with van der Waals surface area (Å²) >= 11 is 0. The standard InChI is InChI=1S/C16H26N2O2/c1-11(2)9-18-10-14-8-12(3)6-7-15(14)20-13(4)16(19)17-5/h6-8,11,13,18H,9-10H2,1-5H3,(H,17,19). The molecule has 4 nitrogen and oxygen atoms in total. The van der Waals surface area contributed by atoms with E-state index in [9.17, 15) is 4.79 Å². The Morgan fingerprint density at radius 3 is 2.60 bits per heavy atom. The van der Waals surface area contributed by atoms with Crippen LogP contribution >= 0.6 is 0 Å². The molecular formula is C16H26N2O2. The van der Waals surface area contributed by atoms with Crippen LogP contribution in [0.15, 0.2) is 18.2 Å². The molecule has 1 rings (SSSR count). The average molecular weight is 278 g/mol. The SMILES string of the molecule is CNC(=O)C(C)Oc1ccc(C)cc1CNCC(C)C. The summed E-state index contributed by atoms with van der Waals surface area (Å²) in [5.74, 6) is 1.25. The van der Waals surface area contributed by atoms with Crippen LogP contribution in [0.4, 0.5) is 0 Å². The Morgan fingerprint density at radius 2 is 2.00 bits per heavy atom. The number of benzene rings is 1. The van der Waals surface area contributed by atoms with Crippen molar-refractivity contribution in [2.24, 2.45) is 5.92 Å². The highest BCUT2D eigenvalue weighted by atomic mass is 16.5. The summed E-state index contributed by atoms with van der Waals surface area (Å²) in [5.41, 5.74) is 2.27. The highest BCUT2D eigenvalue weighted by Gasteiger charge is 2.14. The van der Waals surface area contributed by atoms with E-state index >= 15 is 0 Å². The monoisotopic (exact) mass is 278 g/mol. The van der Waals surface area contributed by atoms with Crippen LogP contribution in [-0.2, 0) is 11.3 Å². The lowest BCUT2D eigenvalue weighted by Gasteiger charge is -2.17. The van der Waals surface area contributed by atoms with Crippen molar-refractivity contribution < 1.29 is 9.53 Å². The maximum absolute atomic E-state index is 11.5. The molecule has 0 radical (unpaired) electrons. The van der Waals surface area contributed by atoms with E-state index in [0.717, 1.165) is 24.4 Å². The zero-order chi connectivity index (χ0) is 15.1. The van der Waals surface area contributed by atoms with Gasteiger partial charge < -0.3 is 15.4 Å². The fourth-order valence-corrected chi connectivity index (χ4v) is 1.90. The number of hydrogen-bond donors (Lipinski definition) is 2. The Kier molecular flexibility index (Phi) is 6.52. The molecule has 0 aromatic heterocycles. The zero-order valence-electron chi connectivity index (χ0n) is 13.1. The number of amides is 1. The van der Waals surface area contributed by atoms with E-state index < -0.39 is 6.10 Å². The van der Waals surface area contributed by atoms with Gasteiger partial charge in [-0.25, -0.2) is 0 Å². The topological polar surface area (TPSA) is 50.4 Å². The second-order valence-corrected chi connectivity index (χ2v) is 5.51. The summed E-state index contributed by atoms with van der Waals surface area (Å²) in [7, 11) is 1.61. The quantitative estimate of drug-likeness (QED) is 0.804. The molecule has 0 heterocycles. The van der Waals surface area contributed by atoms with Crippen LogP contribution in [0.2, 0.25) is 0 Å². The lowest BCUT2D eigenvalue weighted by molar-refractivity contribution is -0.126. The largest absolute Gasteiger partial charge is 0.481 e. The highest BCUT2D eigenvalue weighted by Crippen LogP contribution is 2.21. The van der Waals surface area contributed by atoms with Crippen LogP contribution in [0.5, 0.6) is 5.75 Å². The molecule has 0 aliphatic heterocycles. The Morgan fingerprint density at radius 1 is 1.30 bits per heavy atom. The van der Waals surface area contributed by atoms with Crippen molar-refractivity contribution in [3.05, 3.63) is 29.3 Å². The minimum Gasteiger partial charge on any atom is -0.481 e. The van der Waals surface area contributed by atoms with Crippen LogP contribution < -0.4 is 15.4 Å². The van der Waals surface area contributed by atoms with Gasteiger partial charge in [0.05, 0.1) is 0 Å².